The second-order valence-electron chi connectivity index (χ2n) is 2.83. The van der Waals surface area contributed by atoms with Crippen LogP contribution in [0.1, 0.15) is 0 Å². The summed E-state index contributed by atoms with van der Waals surface area (Å²) in [5.74, 6) is 0. The summed E-state index contributed by atoms with van der Waals surface area (Å²) in [6.07, 6.45) is 1.58. The Morgan fingerprint density at radius 1 is 1.43 bits per heavy atom. The highest BCUT2D eigenvalue weighted by molar-refractivity contribution is 9.10. The first-order valence-electron chi connectivity index (χ1n) is 3.93. The van der Waals surface area contributed by atoms with Gasteiger partial charge in [-0.3, -0.25) is 5.10 Å². The number of hydrogen-bond acceptors (Lipinski definition) is 2. The Bertz CT molecular complexity index is 467. The molecule has 0 amide bonds. The molecular weight excluding hydrogens is 265 g/mol. The Morgan fingerprint density at radius 3 is 2.79 bits per heavy atom. The quantitative estimate of drug-likeness (QED) is 0.838. The van der Waals surface area contributed by atoms with E-state index in [2.05, 4.69) is 26.1 Å². The van der Waals surface area contributed by atoms with Gasteiger partial charge in [-0.2, -0.15) is 5.10 Å². The second-order valence-corrected chi connectivity index (χ2v) is 4.09. The average molecular weight is 273 g/mol. The molecule has 3 nitrogen and oxygen atoms in total. The fraction of sp³-hybridized carbons (Fsp3) is 0. The van der Waals surface area contributed by atoms with E-state index >= 15 is 0 Å². The molecule has 2 aromatic rings. The number of anilines is 1. The Hall–Kier alpha value is -1.000. The molecule has 0 saturated carbocycles. The average Bonchev–Trinajstić information content (AvgIpc) is 2.57. The van der Waals surface area contributed by atoms with Crippen LogP contribution in [0.15, 0.2) is 28.9 Å². The van der Waals surface area contributed by atoms with Crippen molar-refractivity contribution in [1.82, 2.24) is 10.2 Å². The lowest BCUT2D eigenvalue weighted by molar-refractivity contribution is 1.10. The second kappa shape index (κ2) is 3.63. The molecule has 14 heavy (non-hydrogen) atoms. The van der Waals surface area contributed by atoms with E-state index in [1.165, 1.54) is 0 Å². The molecule has 2 rings (SSSR count). The van der Waals surface area contributed by atoms with Crippen LogP contribution in [0.5, 0.6) is 0 Å². The van der Waals surface area contributed by atoms with Crippen molar-refractivity contribution >= 4 is 33.2 Å². The molecule has 0 saturated heterocycles. The van der Waals surface area contributed by atoms with Crippen LogP contribution in [0.25, 0.3) is 11.3 Å². The zero-order valence-electron chi connectivity index (χ0n) is 7.09. The first kappa shape index (κ1) is 9.55. The topological polar surface area (TPSA) is 54.7 Å². The summed E-state index contributed by atoms with van der Waals surface area (Å²) in [5, 5.41) is 7.35. The van der Waals surface area contributed by atoms with E-state index in [-0.39, 0.29) is 0 Å². The predicted octanol–water partition coefficient (Wildman–Crippen LogP) is 3.07. The minimum atomic E-state index is 0.624. The molecule has 1 aromatic heterocycles. The minimum Gasteiger partial charge on any atom is -0.396 e. The van der Waals surface area contributed by atoms with Crippen LogP contribution in [-0.2, 0) is 0 Å². The molecule has 5 heteroatoms. The summed E-state index contributed by atoms with van der Waals surface area (Å²) in [7, 11) is 0. The van der Waals surface area contributed by atoms with Crippen LogP contribution < -0.4 is 5.73 Å². The van der Waals surface area contributed by atoms with Gasteiger partial charge in [0.15, 0.2) is 0 Å². The van der Waals surface area contributed by atoms with E-state index in [9.17, 15) is 0 Å². The summed E-state index contributed by atoms with van der Waals surface area (Å²) in [6.45, 7) is 0. The van der Waals surface area contributed by atoms with Gasteiger partial charge in [0.2, 0.25) is 0 Å². The number of nitrogens with two attached hydrogens (primary N) is 1. The van der Waals surface area contributed by atoms with E-state index in [1.54, 1.807) is 12.3 Å². The van der Waals surface area contributed by atoms with Gasteiger partial charge in [0.1, 0.15) is 0 Å². The van der Waals surface area contributed by atoms with Gasteiger partial charge < -0.3 is 5.73 Å². The molecule has 1 aromatic carbocycles. The summed E-state index contributed by atoms with van der Waals surface area (Å²) in [5.41, 5.74) is 8.11. The Morgan fingerprint density at radius 2 is 2.21 bits per heavy atom. The maximum Gasteiger partial charge on any atom is 0.0880 e. The Balaban J connectivity index is 2.53. The lowest BCUT2D eigenvalue weighted by atomic mass is 10.1. The van der Waals surface area contributed by atoms with Gasteiger partial charge >= 0.3 is 0 Å². The van der Waals surface area contributed by atoms with Crippen LogP contribution in [-0.4, -0.2) is 10.2 Å². The van der Waals surface area contributed by atoms with Crippen molar-refractivity contribution in [2.24, 2.45) is 0 Å². The van der Waals surface area contributed by atoms with Crippen LogP contribution in [0.3, 0.4) is 0 Å². The number of aromatic amines is 1. The standard InChI is InChI=1S/C9H7BrClN3/c10-6-3-5(1-2-7(6)11)9-8(12)4-13-14-9/h1-4H,12H2,(H,13,14). The third-order valence-electron chi connectivity index (χ3n) is 1.88. The van der Waals surface area contributed by atoms with Gasteiger partial charge in [-0.25, -0.2) is 0 Å². The van der Waals surface area contributed by atoms with E-state index in [0.717, 1.165) is 15.7 Å². The molecule has 0 aliphatic carbocycles. The monoisotopic (exact) mass is 271 g/mol. The third kappa shape index (κ3) is 1.63. The summed E-state index contributed by atoms with van der Waals surface area (Å²) >= 11 is 9.23. The van der Waals surface area contributed by atoms with Crippen LogP contribution in [0.2, 0.25) is 5.02 Å². The number of rotatable bonds is 1. The molecule has 0 atom stereocenters. The van der Waals surface area contributed by atoms with Gasteiger partial charge in [0.25, 0.3) is 0 Å². The van der Waals surface area contributed by atoms with E-state index in [4.69, 9.17) is 17.3 Å². The van der Waals surface area contributed by atoms with Crippen molar-refractivity contribution in [3.05, 3.63) is 33.9 Å². The van der Waals surface area contributed by atoms with E-state index in [0.29, 0.717) is 10.7 Å². The third-order valence-corrected chi connectivity index (χ3v) is 3.09. The zero-order chi connectivity index (χ0) is 10.1. The highest BCUT2D eigenvalue weighted by Gasteiger charge is 2.06. The molecule has 0 spiro atoms. The van der Waals surface area contributed by atoms with Crippen LogP contribution >= 0.6 is 27.5 Å². The summed E-state index contributed by atoms with van der Waals surface area (Å²) < 4.78 is 0.839. The lowest BCUT2D eigenvalue weighted by Gasteiger charge is -2.01. The van der Waals surface area contributed by atoms with Gasteiger partial charge in [0.05, 0.1) is 22.6 Å². The molecule has 72 valence electrons. The SMILES string of the molecule is Nc1cn[nH]c1-c1ccc(Cl)c(Br)c1. The molecule has 0 bridgehead atoms. The molecule has 0 aliphatic rings. The molecule has 0 unspecified atom stereocenters. The number of aromatic nitrogens is 2. The molecule has 0 aliphatic heterocycles. The van der Waals surface area contributed by atoms with Gasteiger partial charge in [-0.05, 0) is 28.1 Å². The molecular formula is C9H7BrClN3. The number of halogens is 2. The first-order valence-corrected chi connectivity index (χ1v) is 5.10. The molecule has 0 fully saturated rings. The highest BCUT2D eigenvalue weighted by atomic mass is 79.9. The van der Waals surface area contributed by atoms with Crippen LogP contribution in [0, 0.1) is 0 Å². The zero-order valence-corrected chi connectivity index (χ0v) is 9.43. The minimum absolute atomic E-state index is 0.624. The predicted molar refractivity (Wildman–Crippen MR) is 61.1 cm³/mol. The Labute approximate surface area is 94.4 Å². The molecule has 3 N–H and O–H groups in total. The highest BCUT2D eigenvalue weighted by Crippen LogP contribution is 2.29. The normalized spacial score (nSPS) is 10.4. The van der Waals surface area contributed by atoms with Gasteiger partial charge in [0, 0.05) is 10.0 Å². The Kier molecular flexibility index (Phi) is 2.48. The number of nitrogens with zero attached hydrogens (tertiary/aromatic N) is 1. The first-order chi connectivity index (χ1) is 6.68. The largest absolute Gasteiger partial charge is 0.396 e. The number of nitrogens with one attached hydrogen (secondary N) is 1. The van der Waals surface area contributed by atoms with Crippen molar-refractivity contribution in [2.75, 3.05) is 5.73 Å². The van der Waals surface area contributed by atoms with Crippen molar-refractivity contribution in [2.45, 2.75) is 0 Å². The number of nitrogen functional groups attached to an aromatic ring is 1. The maximum absolute atomic E-state index is 5.88. The molecule has 0 radical (unpaired) electrons. The summed E-state index contributed by atoms with van der Waals surface area (Å²) in [6, 6.07) is 5.59. The van der Waals surface area contributed by atoms with Crippen molar-refractivity contribution in [3.63, 3.8) is 0 Å². The number of H-pyrrole nitrogens is 1. The van der Waals surface area contributed by atoms with Crippen molar-refractivity contribution in [1.29, 1.82) is 0 Å². The van der Waals surface area contributed by atoms with Crippen molar-refractivity contribution < 1.29 is 0 Å². The van der Waals surface area contributed by atoms with E-state index in [1.807, 2.05) is 12.1 Å². The van der Waals surface area contributed by atoms with E-state index < -0.39 is 0 Å². The fourth-order valence-electron chi connectivity index (χ4n) is 1.18. The molecule has 1 heterocycles. The number of benzene rings is 1. The fourth-order valence-corrected chi connectivity index (χ4v) is 1.67. The lowest BCUT2D eigenvalue weighted by Crippen LogP contribution is -1.86. The number of hydrogen-bond donors (Lipinski definition) is 2. The maximum atomic E-state index is 5.88. The smallest absolute Gasteiger partial charge is 0.0880 e. The van der Waals surface area contributed by atoms with Gasteiger partial charge in [-0.1, -0.05) is 17.7 Å². The van der Waals surface area contributed by atoms with Gasteiger partial charge in [-0.15, -0.1) is 0 Å². The van der Waals surface area contributed by atoms with Crippen LogP contribution in [0.4, 0.5) is 5.69 Å². The van der Waals surface area contributed by atoms with Crippen molar-refractivity contribution in [3.8, 4) is 11.3 Å². The summed E-state index contributed by atoms with van der Waals surface area (Å²) in [4.78, 5) is 0.